The molecule has 0 fully saturated rings. The smallest absolute Gasteiger partial charge is 0.248 e. The SMILES string of the molecule is Cc1cc(NC(=O)[C@H](C)Nc2ccc3oc(C)nc3c2)on1. The lowest BCUT2D eigenvalue weighted by Crippen LogP contribution is -2.31. The predicted octanol–water partition coefficient (Wildman–Crippen LogP) is 2.87. The molecular weight excluding hydrogens is 284 g/mol. The summed E-state index contributed by atoms with van der Waals surface area (Å²) in [6.45, 7) is 5.34. The van der Waals surface area contributed by atoms with Gasteiger partial charge in [0.25, 0.3) is 0 Å². The Morgan fingerprint density at radius 1 is 1.27 bits per heavy atom. The third-order valence-electron chi connectivity index (χ3n) is 3.15. The minimum atomic E-state index is -0.448. The number of nitrogens with one attached hydrogen (secondary N) is 2. The second kappa shape index (κ2) is 5.51. The number of aromatic nitrogens is 2. The maximum absolute atomic E-state index is 12.1. The van der Waals surface area contributed by atoms with E-state index in [2.05, 4.69) is 20.8 Å². The first kappa shape index (κ1) is 14.1. The van der Waals surface area contributed by atoms with Crippen LogP contribution >= 0.6 is 0 Å². The highest BCUT2D eigenvalue weighted by atomic mass is 16.5. The van der Waals surface area contributed by atoms with Gasteiger partial charge in [0.2, 0.25) is 11.8 Å². The number of rotatable bonds is 4. The van der Waals surface area contributed by atoms with Crippen molar-refractivity contribution < 1.29 is 13.7 Å². The minimum absolute atomic E-state index is 0.215. The molecule has 7 heteroatoms. The fourth-order valence-electron chi connectivity index (χ4n) is 2.10. The van der Waals surface area contributed by atoms with Crippen molar-refractivity contribution in [2.75, 3.05) is 10.6 Å². The quantitative estimate of drug-likeness (QED) is 0.769. The van der Waals surface area contributed by atoms with Crippen molar-refractivity contribution in [2.45, 2.75) is 26.8 Å². The van der Waals surface area contributed by atoms with Crippen molar-refractivity contribution in [3.8, 4) is 0 Å². The van der Waals surface area contributed by atoms with Crippen LogP contribution in [0.4, 0.5) is 11.6 Å². The van der Waals surface area contributed by atoms with Gasteiger partial charge < -0.3 is 14.3 Å². The molecule has 2 N–H and O–H groups in total. The second-order valence-electron chi connectivity index (χ2n) is 5.10. The molecule has 2 aromatic heterocycles. The summed E-state index contributed by atoms with van der Waals surface area (Å²) in [5, 5.41) is 9.49. The summed E-state index contributed by atoms with van der Waals surface area (Å²) in [4.78, 5) is 16.4. The first-order valence-electron chi connectivity index (χ1n) is 6.89. The Kier molecular flexibility index (Phi) is 3.54. The zero-order valence-corrected chi connectivity index (χ0v) is 12.5. The minimum Gasteiger partial charge on any atom is -0.441 e. The van der Waals surface area contributed by atoms with Crippen LogP contribution in [0, 0.1) is 13.8 Å². The normalized spacial score (nSPS) is 12.3. The van der Waals surface area contributed by atoms with Gasteiger partial charge in [-0.1, -0.05) is 5.16 Å². The zero-order chi connectivity index (χ0) is 15.7. The summed E-state index contributed by atoms with van der Waals surface area (Å²) in [5.41, 5.74) is 2.97. The molecule has 0 saturated carbocycles. The highest BCUT2D eigenvalue weighted by molar-refractivity contribution is 5.95. The standard InChI is InChI=1S/C15H16N4O3/c1-8-6-14(22-19-8)18-15(20)9(2)16-11-4-5-13-12(7-11)17-10(3)21-13/h4-7,9,16H,1-3H3,(H,18,20)/t9-/m0/s1. The van der Waals surface area contributed by atoms with E-state index in [0.717, 1.165) is 16.8 Å². The van der Waals surface area contributed by atoms with Crippen molar-refractivity contribution in [3.05, 3.63) is 35.9 Å². The van der Waals surface area contributed by atoms with Gasteiger partial charge in [0.15, 0.2) is 11.5 Å². The summed E-state index contributed by atoms with van der Waals surface area (Å²) < 4.78 is 10.4. The molecule has 0 bridgehead atoms. The number of benzene rings is 1. The van der Waals surface area contributed by atoms with Gasteiger partial charge in [-0.3, -0.25) is 10.1 Å². The number of nitrogens with zero attached hydrogens (tertiary/aromatic N) is 2. The monoisotopic (exact) mass is 300 g/mol. The average Bonchev–Trinajstić information content (AvgIpc) is 3.03. The summed E-state index contributed by atoms with van der Waals surface area (Å²) in [6, 6.07) is 6.72. The molecule has 0 radical (unpaired) electrons. The maximum Gasteiger partial charge on any atom is 0.248 e. The molecule has 114 valence electrons. The van der Waals surface area contributed by atoms with Crippen LogP contribution in [0.15, 0.2) is 33.2 Å². The van der Waals surface area contributed by atoms with Crippen LogP contribution < -0.4 is 10.6 Å². The predicted molar refractivity (Wildman–Crippen MR) is 81.7 cm³/mol. The number of carbonyl (C=O) groups excluding carboxylic acids is 1. The number of fused-ring (bicyclic) bond motifs is 1. The Labute approximate surface area is 126 Å². The molecule has 0 spiro atoms. The summed E-state index contributed by atoms with van der Waals surface area (Å²) in [5.74, 6) is 0.727. The molecule has 1 atom stereocenters. The van der Waals surface area contributed by atoms with Crippen LogP contribution in [0.25, 0.3) is 11.1 Å². The van der Waals surface area contributed by atoms with Crippen LogP contribution in [-0.2, 0) is 4.79 Å². The van der Waals surface area contributed by atoms with Crippen molar-refractivity contribution in [1.29, 1.82) is 0 Å². The lowest BCUT2D eigenvalue weighted by atomic mass is 10.2. The molecule has 2 heterocycles. The van der Waals surface area contributed by atoms with E-state index >= 15 is 0 Å². The van der Waals surface area contributed by atoms with Crippen LogP contribution in [-0.4, -0.2) is 22.1 Å². The van der Waals surface area contributed by atoms with Gasteiger partial charge >= 0.3 is 0 Å². The van der Waals surface area contributed by atoms with Crippen LogP contribution in [0.1, 0.15) is 18.5 Å². The fourth-order valence-corrected chi connectivity index (χ4v) is 2.10. The first-order chi connectivity index (χ1) is 10.5. The maximum atomic E-state index is 12.1. The van der Waals surface area contributed by atoms with E-state index in [1.807, 2.05) is 18.2 Å². The molecular formula is C15H16N4O3. The Morgan fingerprint density at radius 3 is 2.82 bits per heavy atom. The number of carbonyl (C=O) groups is 1. The van der Waals surface area contributed by atoms with E-state index in [-0.39, 0.29) is 5.91 Å². The van der Waals surface area contributed by atoms with Crippen LogP contribution in [0.3, 0.4) is 0 Å². The van der Waals surface area contributed by atoms with Crippen LogP contribution in [0.5, 0.6) is 0 Å². The molecule has 3 aromatic rings. The highest BCUT2D eigenvalue weighted by Gasteiger charge is 2.15. The Balaban J connectivity index is 1.68. The van der Waals surface area contributed by atoms with Gasteiger partial charge in [0, 0.05) is 18.7 Å². The first-order valence-corrected chi connectivity index (χ1v) is 6.89. The molecule has 0 unspecified atom stereocenters. The molecule has 0 aliphatic heterocycles. The van der Waals surface area contributed by atoms with Gasteiger partial charge in [-0.15, -0.1) is 0 Å². The average molecular weight is 300 g/mol. The fraction of sp³-hybridized carbons (Fsp3) is 0.267. The highest BCUT2D eigenvalue weighted by Crippen LogP contribution is 2.20. The zero-order valence-electron chi connectivity index (χ0n) is 12.5. The number of oxazole rings is 1. The van der Waals surface area contributed by atoms with E-state index in [0.29, 0.717) is 17.5 Å². The number of hydrogen-bond acceptors (Lipinski definition) is 6. The van der Waals surface area contributed by atoms with Gasteiger partial charge in [-0.2, -0.15) is 0 Å². The van der Waals surface area contributed by atoms with E-state index in [9.17, 15) is 4.79 Å². The Bertz CT molecular complexity index is 821. The molecule has 0 aliphatic carbocycles. The number of anilines is 2. The molecule has 3 rings (SSSR count). The van der Waals surface area contributed by atoms with Gasteiger partial charge in [0.1, 0.15) is 11.6 Å². The molecule has 0 aliphatic rings. The Morgan fingerprint density at radius 2 is 2.09 bits per heavy atom. The molecule has 22 heavy (non-hydrogen) atoms. The molecule has 0 saturated heterocycles. The van der Waals surface area contributed by atoms with Gasteiger partial charge in [0.05, 0.1) is 5.69 Å². The number of aryl methyl sites for hydroxylation is 2. The lowest BCUT2D eigenvalue weighted by Gasteiger charge is -2.13. The summed E-state index contributed by atoms with van der Waals surface area (Å²) >= 11 is 0. The summed E-state index contributed by atoms with van der Waals surface area (Å²) in [6.07, 6.45) is 0. The Hall–Kier alpha value is -2.83. The van der Waals surface area contributed by atoms with E-state index in [1.54, 1.807) is 26.8 Å². The number of amides is 1. The van der Waals surface area contributed by atoms with Crippen molar-refractivity contribution in [2.24, 2.45) is 0 Å². The molecule has 7 nitrogen and oxygen atoms in total. The van der Waals surface area contributed by atoms with Crippen molar-refractivity contribution >= 4 is 28.6 Å². The van der Waals surface area contributed by atoms with E-state index in [1.165, 1.54) is 0 Å². The van der Waals surface area contributed by atoms with Gasteiger partial charge in [-0.25, -0.2) is 4.98 Å². The van der Waals surface area contributed by atoms with E-state index < -0.39 is 6.04 Å². The summed E-state index contributed by atoms with van der Waals surface area (Å²) in [7, 11) is 0. The van der Waals surface area contributed by atoms with Crippen molar-refractivity contribution in [1.82, 2.24) is 10.1 Å². The van der Waals surface area contributed by atoms with Crippen molar-refractivity contribution in [3.63, 3.8) is 0 Å². The second-order valence-corrected chi connectivity index (χ2v) is 5.10. The third kappa shape index (κ3) is 2.93. The lowest BCUT2D eigenvalue weighted by molar-refractivity contribution is -0.116. The molecule has 1 aromatic carbocycles. The largest absolute Gasteiger partial charge is 0.441 e. The number of hydrogen-bond donors (Lipinski definition) is 2. The molecule has 1 amide bonds. The van der Waals surface area contributed by atoms with Crippen LogP contribution in [0.2, 0.25) is 0 Å². The van der Waals surface area contributed by atoms with E-state index in [4.69, 9.17) is 8.94 Å². The topological polar surface area (TPSA) is 93.2 Å². The third-order valence-corrected chi connectivity index (χ3v) is 3.15. The van der Waals surface area contributed by atoms with Gasteiger partial charge in [-0.05, 0) is 32.0 Å².